The van der Waals surface area contributed by atoms with E-state index in [1.165, 1.54) is 45.4 Å². The molecule has 0 spiro atoms. The number of carbonyl (C=O) groups is 2. The Morgan fingerprint density at radius 1 is 0.735 bits per heavy atom. The molecule has 0 aliphatic heterocycles. The number of amides is 2. The molecule has 6 nitrogen and oxygen atoms in total. The van der Waals surface area contributed by atoms with E-state index in [-0.39, 0.29) is 25.9 Å². The van der Waals surface area contributed by atoms with Gasteiger partial charge in [0, 0.05) is 36.6 Å². The number of alkyl halides is 4. The van der Waals surface area contributed by atoms with Gasteiger partial charge in [-0.1, -0.05) is 93.9 Å². The van der Waals surface area contributed by atoms with Gasteiger partial charge in [0.25, 0.3) is 11.8 Å². The van der Waals surface area contributed by atoms with Crippen molar-refractivity contribution >= 4 is 93.1 Å². The van der Waals surface area contributed by atoms with Gasteiger partial charge in [0.2, 0.25) is 0 Å². The highest BCUT2D eigenvalue weighted by molar-refractivity contribution is 6.60. The summed E-state index contributed by atoms with van der Waals surface area (Å²) < 4.78 is -3.92. The smallest absolute Gasteiger partial charge is 0.264 e. The van der Waals surface area contributed by atoms with E-state index in [1.54, 1.807) is 36.4 Å². The number of hydrogen-bond acceptors (Lipinski definition) is 4. The summed E-state index contributed by atoms with van der Waals surface area (Å²) in [7, 11) is 0. The average Bonchev–Trinajstić information content (AvgIpc) is 2.84. The molecule has 0 fully saturated rings. The summed E-state index contributed by atoms with van der Waals surface area (Å²) in [4.78, 5) is 37.2. The number of aromatic nitrogens is 2. The van der Waals surface area contributed by atoms with Crippen LogP contribution >= 0.6 is 69.6 Å². The van der Waals surface area contributed by atoms with E-state index < -0.39 is 20.5 Å². The van der Waals surface area contributed by atoms with Gasteiger partial charge in [-0.2, -0.15) is 0 Å². The third-order valence-electron chi connectivity index (χ3n) is 4.47. The standard InChI is InChI=1S/C22H20Cl6N4O2/c23-11-5-15-31(17-7-1-3-13-29-17)19(33)21(25,26)9-10-22(27,28)20(34)32(16-6-12-24)18-8-2-4-14-30-18/h1-8,11-14H,9-10,15-16H2. The van der Waals surface area contributed by atoms with Gasteiger partial charge in [-0.15, -0.1) is 0 Å². The molecular weight excluding hydrogens is 565 g/mol. The first-order valence-electron chi connectivity index (χ1n) is 9.86. The molecule has 2 rings (SSSR count). The zero-order valence-electron chi connectivity index (χ0n) is 17.6. The Morgan fingerprint density at radius 3 is 1.41 bits per heavy atom. The minimum Gasteiger partial charge on any atom is -0.290 e. The second-order valence-corrected chi connectivity index (χ2v) is 10.3. The molecule has 182 valence electrons. The zero-order chi connectivity index (χ0) is 25.2. The average molecular weight is 585 g/mol. The molecule has 0 aromatic carbocycles. The molecule has 12 heteroatoms. The van der Waals surface area contributed by atoms with Crippen molar-refractivity contribution in [2.24, 2.45) is 0 Å². The van der Waals surface area contributed by atoms with Crippen LogP contribution in [0.2, 0.25) is 0 Å². The molecule has 34 heavy (non-hydrogen) atoms. The molecule has 2 amide bonds. The highest BCUT2D eigenvalue weighted by atomic mass is 35.5. The third kappa shape index (κ3) is 8.01. The van der Waals surface area contributed by atoms with Crippen LogP contribution in [0.1, 0.15) is 12.8 Å². The highest BCUT2D eigenvalue weighted by Crippen LogP contribution is 2.38. The van der Waals surface area contributed by atoms with Crippen LogP contribution in [0.15, 0.2) is 72.0 Å². The lowest BCUT2D eigenvalue weighted by atomic mass is 10.1. The second-order valence-electron chi connectivity index (χ2n) is 6.84. The maximum atomic E-state index is 13.2. The first-order valence-corrected chi connectivity index (χ1v) is 12.2. The van der Waals surface area contributed by atoms with Crippen LogP contribution in [-0.2, 0) is 9.59 Å². The first-order chi connectivity index (χ1) is 16.1. The quantitative estimate of drug-likeness (QED) is 0.284. The summed E-state index contributed by atoms with van der Waals surface area (Å²) in [6.07, 6.45) is 5.64. The number of anilines is 2. The van der Waals surface area contributed by atoms with Gasteiger partial charge >= 0.3 is 0 Å². The van der Waals surface area contributed by atoms with Crippen LogP contribution in [-0.4, -0.2) is 43.5 Å². The summed E-state index contributed by atoms with van der Waals surface area (Å²) >= 11 is 36.9. The summed E-state index contributed by atoms with van der Waals surface area (Å²) in [5.74, 6) is -0.706. The van der Waals surface area contributed by atoms with Crippen LogP contribution in [0.5, 0.6) is 0 Å². The Bertz CT molecular complexity index is 921. The first kappa shape index (κ1) is 28.7. The Balaban J connectivity index is 2.20. The van der Waals surface area contributed by atoms with E-state index in [1.807, 2.05) is 0 Å². The zero-order valence-corrected chi connectivity index (χ0v) is 22.2. The normalized spacial score (nSPS) is 12.3. The number of pyridine rings is 2. The minimum absolute atomic E-state index is 0.0740. The summed E-state index contributed by atoms with van der Waals surface area (Å²) in [6, 6.07) is 10.1. The molecule has 0 aliphatic rings. The SMILES string of the molecule is O=C(N(CC=CCl)c1ccccn1)C(Cl)(Cl)CCC(Cl)(Cl)C(=O)N(CC=CCl)c1ccccn1. The number of nitrogens with zero attached hydrogens (tertiary/aromatic N) is 4. The fraction of sp³-hybridized carbons (Fsp3) is 0.273. The van der Waals surface area contributed by atoms with Gasteiger partial charge in [-0.25, -0.2) is 9.97 Å². The topological polar surface area (TPSA) is 66.4 Å². The summed E-state index contributed by atoms with van der Waals surface area (Å²) in [5.41, 5.74) is 2.52. The van der Waals surface area contributed by atoms with Crippen LogP contribution in [0, 0.1) is 0 Å². The Kier molecular flexibility index (Phi) is 11.4. The molecule has 0 N–H and O–H groups in total. The second kappa shape index (κ2) is 13.5. The van der Waals surface area contributed by atoms with Crippen molar-refractivity contribution < 1.29 is 9.59 Å². The fourth-order valence-electron chi connectivity index (χ4n) is 2.80. The van der Waals surface area contributed by atoms with E-state index in [0.29, 0.717) is 11.6 Å². The van der Waals surface area contributed by atoms with E-state index >= 15 is 0 Å². The largest absolute Gasteiger partial charge is 0.290 e. The van der Waals surface area contributed by atoms with Crippen molar-refractivity contribution in [1.29, 1.82) is 0 Å². The Labute approximate surface area is 228 Å². The lowest BCUT2D eigenvalue weighted by Crippen LogP contribution is -2.46. The number of hydrogen-bond donors (Lipinski definition) is 0. The summed E-state index contributed by atoms with van der Waals surface area (Å²) in [6.45, 7) is 0.148. The minimum atomic E-state index is -1.96. The van der Waals surface area contributed by atoms with Crippen molar-refractivity contribution in [3.8, 4) is 0 Å². The molecule has 0 radical (unpaired) electrons. The van der Waals surface area contributed by atoms with Gasteiger partial charge < -0.3 is 0 Å². The van der Waals surface area contributed by atoms with E-state index in [2.05, 4.69) is 9.97 Å². The summed E-state index contributed by atoms with van der Waals surface area (Å²) in [5, 5.41) is 0. The molecule has 2 aromatic heterocycles. The molecule has 0 saturated carbocycles. The van der Waals surface area contributed by atoms with Gasteiger partial charge in [-0.3, -0.25) is 19.4 Å². The Morgan fingerprint density at radius 2 is 1.12 bits per heavy atom. The molecule has 0 unspecified atom stereocenters. The number of halogens is 6. The molecule has 2 heterocycles. The predicted octanol–water partition coefficient (Wildman–Crippen LogP) is 6.48. The predicted molar refractivity (Wildman–Crippen MR) is 141 cm³/mol. The highest BCUT2D eigenvalue weighted by Gasteiger charge is 2.44. The number of carbonyl (C=O) groups excluding carboxylic acids is 2. The maximum Gasteiger partial charge on any atom is 0.264 e. The van der Waals surface area contributed by atoms with Crippen molar-refractivity contribution in [3.05, 3.63) is 72.0 Å². The fourth-order valence-corrected chi connectivity index (χ4v) is 3.75. The lowest BCUT2D eigenvalue weighted by Gasteiger charge is -2.31. The number of rotatable bonds is 11. The van der Waals surface area contributed by atoms with Crippen molar-refractivity contribution in [2.75, 3.05) is 22.9 Å². The molecule has 2 aromatic rings. The molecule has 0 saturated heterocycles. The van der Waals surface area contributed by atoms with E-state index in [4.69, 9.17) is 69.6 Å². The van der Waals surface area contributed by atoms with Crippen molar-refractivity contribution in [2.45, 2.75) is 21.5 Å². The van der Waals surface area contributed by atoms with Gasteiger partial charge in [0.15, 0.2) is 8.67 Å². The Hall–Kier alpha value is -1.54. The monoisotopic (exact) mass is 582 g/mol. The maximum absolute atomic E-state index is 13.2. The van der Waals surface area contributed by atoms with Gasteiger partial charge in [0.05, 0.1) is 0 Å². The van der Waals surface area contributed by atoms with E-state index in [9.17, 15) is 9.59 Å². The van der Waals surface area contributed by atoms with Gasteiger partial charge in [0.1, 0.15) is 11.6 Å². The van der Waals surface area contributed by atoms with Crippen LogP contribution in [0.3, 0.4) is 0 Å². The molecule has 0 bridgehead atoms. The molecular formula is C22H20Cl6N4O2. The van der Waals surface area contributed by atoms with Crippen LogP contribution < -0.4 is 9.80 Å². The van der Waals surface area contributed by atoms with Crippen molar-refractivity contribution in [1.82, 2.24) is 9.97 Å². The molecule has 0 aliphatic carbocycles. The van der Waals surface area contributed by atoms with Crippen LogP contribution in [0.25, 0.3) is 0 Å². The molecule has 0 atom stereocenters. The lowest BCUT2D eigenvalue weighted by molar-refractivity contribution is -0.121. The van der Waals surface area contributed by atoms with Gasteiger partial charge in [-0.05, 0) is 37.1 Å². The third-order valence-corrected chi connectivity index (χ3v) is 6.23. The van der Waals surface area contributed by atoms with E-state index in [0.717, 1.165) is 0 Å². The van der Waals surface area contributed by atoms with Crippen molar-refractivity contribution in [3.63, 3.8) is 0 Å². The van der Waals surface area contributed by atoms with Crippen LogP contribution in [0.4, 0.5) is 11.6 Å².